The van der Waals surface area contributed by atoms with Gasteiger partial charge in [0.1, 0.15) is 5.56 Å². The molecule has 0 aromatic carbocycles. The van der Waals surface area contributed by atoms with Crippen LogP contribution in [0.1, 0.15) is 36.5 Å². The van der Waals surface area contributed by atoms with Crippen LogP contribution in [-0.2, 0) is 9.59 Å². The zero-order valence-corrected chi connectivity index (χ0v) is 18.0. The van der Waals surface area contributed by atoms with Crippen molar-refractivity contribution in [3.8, 4) is 5.88 Å². The fourth-order valence-electron chi connectivity index (χ4n) is 4.42. The van der Waals surface area contributed by atoms with Crippen molar-refractivity contribution in [1.29, 1.82) is 0 Å². The first-order chi connectivity index (χ1) is 15.4. The molecular weight excluding hydrogens is 412 g/mol. The maximum atomic E-state index is 13.2. The van der Waals surface area contributed by atoms with Gasteiger partial charge in [0.05, 0.1) is 37.3 Å². The number of rotatable bonds is 4. The second kappa shape index (κ2) is 8.81. The quantitative estimate of drug-likeness (QED) is 0.599. The number of carbonyl (C=O) groups excluding carboxylic acids is 3. The van der Waals surface area contributed by atoms with E-state index >= 15 is 0 Å². The predicted molar refractivity (Wildman–Crippen MR) is 118 cm³/mol. The zero-order valence-electron chi connectivity index (χ0n) is 18.0. The van der Waals surface area contributed by atoms with Crippen molar-refractivity contribution in [3.05, 3.63) is 41.1 Å². The lowest BCUT2D eigenvalue weighted by molar-refractivity contribution is -0.145. The largest absolute Gasteiger partial charge is 0.480 e. The van der Waals surface area contributed by atoms with Crippen LogP contribution in [0.15, 0.2) is 40.7 Å². The zero-order chi connectivity index (χ0) is 22.8. The van der Waals surface area contributed by atoms with Gasteiger partial charge in [0.15, 0.2) is 0 Å². The first-order valence-corrected chi connectivity index (χ1v) is 10.5. The molecule has 10 heteroatoms. The molecule has 4 rings (SSSR count). The van der Waals surface area contributed by atoms with Crippen LogP contribution in [-0.4, -0.2) is 59.6 Å². The number of hydrazone groups is 1. The summed E-state index contributed by atoms with van der Waals surface area (Å²) in [4.78, 5) is 43.3. The van der Waals surface area contributed by atoms with Crippen LogP contribution in [0.2, 0.25) is 0 Å². The maximum Gasteiger partial charge on any atom is 0.313 e. The van der Waals surface area contributed by atoms with E-state index in [0.717, 1.165) is 30.4 Å². The smallest absolute Gasteiger partial charge is 0.313 e. The van der Waals surface area contributed by atoms with Crippen LogP contribution in [0, 0.1) is 5.92 Å². The molecule has 168 valence electrons. The number of fused-ring (bicyclic) bond motifs is 1. The Kier molecular flexibility index (Phi) is 5.93. The number of hydrogen-bond acceptors (Lipinski definition) is 7. The summed E-state index contributed by atoms with van der Waals surface area (Å²) in [5.74, 6) is -1.86. The fourth-order valence-corrected chi connectivity index (χ4v) is 4.42. The number of primary amides is 1. The Balaban J connectivity index is 1.57. The van der Waals surface area contributed by atoms with E-state index in [1.807, 2.05) is 6.08 Å². The monoisotopic (exact) mass is 438 g/mol. The van der Waals surface area contributed by atoms with E-state index < -0.39 is 17.7 Å². The van der Waals surface area contributed by atoms with E-state index in [4.69, 9.17) is 10.5 Å². The van der Waals surface area contributed by atoms with Crippen LogP contribution in [0.3, 0.4) is 0 Å². The molecule has 0 bridgehead atoms. The van der Waals surface area contributed by atoms with E-state index in [1.165, 1.54) is 19.4 Å². The highest BCUT2D eigenvalue weighted by atomic mass is 16.5. The molecule has 1 fully saturated rings. The number of hydrogen-bond donors (Lipinski definition) is 3. The van der Waals surface area contributed by atoms with Crippen LogP contribution in [0.25, 0.3) is 0 Å². The highest BCUT2D eigenvalue weighted by Crippen LogP contribution is 2.33. The van der Waals surface area contributed by atoms with Gasteiger partial charge in [-0.3, -0.25) is 14.4 Å². The Bertz CT molecular complexity index is 1050. The number of pyridine rings is 1. The summed E-state index contributed by atoms with van der Waals surface area (Å²) in [5, 5.41) is 6.72. The third-order valence-electron chi connectivity index (χ3n) is 6.01. The first kappa shape index (κ1) is 21.5. The van der Waals surface area contributed by atoms with Gasteiger partial charge < -0.3 is 26.1 Å². The number of carbonyl (C=O) groups is 3. The molecule has 4 N–H and O–H groups in total. The van der Waals surface area contributed by atoms with Gasteiger partial charge in [0.2, 0.25) is 5.88 Å². The molecule has 3 atom stereocenters. The van der Waals surface area contributed by atoms with Crippen LogP contribution in [0.4, 0.5) is 5.69 Å². The summed E-state index contributed by atoms with van der Waals surface area (Å²) in [7, 11) is 1.36. The van der Waals surface area contributed by atoms with E-state index in [9.17, 15) is 14.4 Å². The molecule has 10 nitrogen and oxygen atoms in total. The second-order valence-electron chi connectivity index (χ2n) is 8.24. The number of nitrogens with zero attached hydrogens (tertiary/aromatic N) is 3. The van der Waals surface area contributed by atoms with Gasteiger partial charge in [-0.1, -0.05) is 19.1 Å². The molecule has 1 unspecified atom stereocenters. The molecule has 32 heavy (non-hydrogen) atoms. The van der Waals surface area contributed by atoms with Gasteiger partial charge >= 0.3 is 11.8 Å². The maximum absolute atomic E-state index is 13.2. The number of piperidine rings is 1. The molecular formula is C22H26N6O4. The number of nitrogens with two attached hydrogens (primary N) is 1. The van der Waals surface area contributed by atoms with E-state index in [-0.39, 0.29) is 35.1 Å². The van der Waals surface area contributed by atoms with Crippen molar-refractivity contribution >= 4 is 29.6 Å². The number of ether oxygens (including phenoxy) is 1. The topological polar surface area (TPSA) is 139 Å². The molecule has 1 aliphatic carbocycles. The minimum atomic E-state index is -0.799. The van der Waals surface area contributed by atoms with Crippen molar-refractivity contribution in [2.45, 2.75) is 38.3 Å². The summed E-state index contributed by atoms with van der Waals surface area (Å²) in [6.07, 6.45) is 9.78. The summed E-state index contributed by atoms with van der Waals surface area (Å²) < 4.78 is 5.01. The summed E-state index contributed by atoms with van der Waals surface area (Å²) >= 11 is 0. The summed E-state index contributed by atoms with van der Waals surface area (Å²) in [5.41, 5.74) is 10.7. The number of likely N-dealkylation sites (tertiary alicyclic amines) is 1. The average molecular weight is 438 g/mol. The lowest BCUT2D eigenvalue weighted by atomic mass is 9.83. The van der Waals surface area contributed by atoms with Crippen molar-refractivity contribution in [3.63, 3.8) is 0 Å². The lowest BCUT2D eigenvalue weighted by Crippen LogP contribution is -2.51. The Morgan fingerprint density at radius 2 is 2.09 bits per heavy atom. The molecule has 1 saturated heterocycles. The molecule has 1 aromatic rings. The van der Waals surface area contributed by atoms with Crippen molar-refractivity contribution in [2.75, 3.05) is 19.0 Å². The Morgan fingerprint density at radius 1 is 1.28 bits per heavy atom. The summed E-state index contributed by atoms with van der Waals surface area (Å²) in [6.45, 7) is 2.54. The molecule has 2 aliphatic heterocycles. The predicted octanol–water partition coefficient (Wildman–Crippen LogP) is 0.969. The SMILES string of the molecule is COc1ncc(NC(=O)C(=O)N2C[C@@H](C)CC[C@@H]2C2=C3C=NNC3CC=C2)cc1C(N)=O. The van der Waals surface area contributed by atoms with Crippen molar-refractivity contribution < 1.29 is 19.1 Å². The highest BCUT2D eigenvalue weighted by molar-refractivity contribution is 6.39. The molecule has 3 heterocycles. The number of nitrogens with one attached hydrogen (secondary N) is 2. The van der Waals surface area contributed by atoms with E-state index in [2.05, 4.69) is 33.8 Å². The Hall–Kier alpha value is -3.69. The molecule has 0 radical (unpaired) electrons. The Morgan fingerprint density at radius 3 is 2.84 bits per heavy atom. The van der Waals surface area contributed by atoms with Gasteiger partial charge in [-0.25, -0.2) is 4.98 Å². The average Bonchev–Trinajstić information content (AvgIpc) is 3.27. The number of anilines is 1. The molecule has 3 aliphatic rings. The number of methoxy groups -OCH3 is 1. The highest BCUT2D eigenvalue weighted by Gasteiger charge is 2.37. The number of amides is 3. The molecule has 0 saturated carbocycles. The minimum absolute atomic E-state index is 0.0144. The third kappa shape index (κ3) is 4.08. The standard InChI is InChI=1S/C22H26N6O4/c1-12-6-7-18(14-4-3-5-17-16(14)10-25-27-17)28(11-12)22(31)20(30)26-13-8-15(19(23)29)21(32-2)24-9-13/h3-4,8-10,12,17-18,27H,5-7,11H2,1-2H3,(H2,23,29)(H,26,30)/t12-,17?,18+/m0/s1. The van der Waals surface area contributed by atoms with Crippen molar-refractivity contribution in [2.24, 2.45) is 16.8 Å². The number of aromatic nitrogens is 1. The lowest BCUT2D eigenvalue weighted by Gasteiger charge is -2.40. The van der Waals surface area contributed by atoms with Crippen LogP contribution in [0.5, 0.6) is 5.88 Å². The van der Waals surface area contributed by atoms with Gasteiger partial charge in [0.25, 0.3) is 5.91 Å². The van der Waals surface area contributed by atoms with E-state index in [0.29, 0.717) is 6.54 Å². The molecule has 1 aromatic heterocycles. The van der Waals surface area contributed by atoms with Gasteiger partial charge in [0, 0.05) is 12.1 Å². The Labute approximate surface area is 185 Å². The molecule has 0 spiro atoms. The van der Waals surface area contributed by atoms with Gasteiger partial charge in [-0.2, -0.15) is 5.10 Å². The van der Waals surface area contributed by atoms with E-state index in [1.54, 1.807) is 11.1 Å². The second-order valence-corrected chi connectivity index (χ2v) is 8.24. The van der Waals surface area contributed by atoms with Gasteiger partial charge in [-0.15, -0.1) is 0 Å². The first-order valence-electron chi connectivity index (χ1n) is 10.5. The van der Waals surface area contributed by atoms with Crippen LogP contribution < -0.4 is 21.2 Å². The summed E-state index contributed by atoms with van der Waals surface area (Å²) in [6, 6.07) is 1.24. The fraction of sp³-hybridized carbons (Fsp3) is 0.409. The van der Waals surface area contributed by atoms with Gasteiger partial charge in [-0.05, 0) is 36.8 Å². The molecule has 3 amide bonds. The van der Waals surface area contributed by atoms with Crippen LogP contribution >= 0.6 is 0 Å². The third-order valence-corrected chi connectivity index (χ3v) is 6.01. The van der Waals surface area contributed by atoms with Crippen molar-refractivity contribution in [1.82, 2.24) is 15.3 Å². The minimum Gasteiger partial charge on any atom is -0.480 e. The normalized spacial score (nSPS) is 24.1.